The molecule has 0 saturated carbocycles. The number of nitrogens with one attached hydrogen (secondary N) is 1. The fourth-order valence-electron chi connectivity index (χ4n) is 1.92. The molecular weight excluding hydrogens is 324 g/mol. The number of amides is 1. The molecule has 0 bridgehead atoms. The van der Waals surface area contributed by atoms with Crippen LogP contribution in [0.3, 0.4) is 0 Å². The van der Waals surface area contributed by atoms with Crippen molar-refractivity contribution in [3.63, 3.8) is 0 Å². The first kappa shape index (κ1) is 12.9. The monoisotopic (exact) mass is 334 g/mol. The molecule has 0 aliphatic heterocycles. The summed E-state index contributed by atoms with van der Waals surface area (Å²) < 4.78 is 7.57. The normalized spacial score (nSPS) is 12.5. The molecule has 0 saturated heterocycles. The number of halogens is 1. The lowest BCUT2D eigenvalue weighted by atomic mass is 10.3. The van der Waals surface area contributed by atoms with Gasteiger partial charge in [0.1, 0.15) is 0 Å². The van der Waals surface area contributed by atoms with Gasteiger partial charge in [0.15, 0.2) is 21.9 Å². The lowest BCUT2D eigenvalue weighted by Gasteiger charge is -2.10. The van der Waals surface area contributed by atoms with Crippen molar-refractivity contribution in [3.8, 4) is 0 Å². The van der Waals surface area contributed by atoms with E-state index in [1.165, 1.54) is 0 Å². The zero-order valence-corrected chi connectivity index (χ0v) is 12.2. The van der Waals surface area contributed by atoms with Crippen LogP contribution in [-0.4, -0.2) is 20.5 Å². The fourth-order valence-corrected chi connectivity index (χ4v) is 2.23. The number of aromatic nitrogens is 3. The van der Waals surface area contributed by atoms with Crippen LogP contribution < -0.4 is 5.32 Å². The molecule has 0 aliphatic carbocycles. The van der Waals surface area contributed by atoms with Gasteiger partial charge in [-0.05, 0) is 47.1 Å². The van der Waals surface area contributed by atoms with Gasteiger partial charge >= 0.3 is 0 Å². The van der Waals surface area contributed by atoms with Crippen LogP contribution in [0.1, 0.15) is 29.3 Å². The van der Waals surface area contributed by atoms with Crippen LogP contribution in [0.15, 0.2) is 45.6 Å². The molecule has 0 radical (unpaired) electrons. The Morgan fingerprint density at radius 2 is 2.20 bits per heavy atom. The standard InChI is InChI=1S/C13H11BrN4O2/c1-8(15-13(19)9-5-6-10(14)20-9)12-17-16-11-4-2-3-7-18(11)12/h2-8H,1H3,(H,15,19)/t8-/m0/s1. The number of pyridine rings is 1. The Bertz CT molecular complexity index is 764. The maximum Gasteiger partial charge on any atom is 0.287 e. The molecule has 102 valence electrons. The summed E-state index contributed by atoms with van der Waals surface area (Å²) in [6, 6.07) is 8.62. The van der Waals surface area contributed by atoms with Crippen molar-refractivity contribution in [2.24, 2.45) is 0 Å². The second kappa shape index (κ2) is 5.09. The highest BCUT2D eigenvalue weighted by Gasteiger charge is 2.18. The first-order valence-electron chi connectivity index (χ1n) is 6.01. The molecule has 1 atom stereocenters. The van der Waals surface area contributed by atoms with E-state index in [1.807, 2.05) is 35.7 Å². The van der Waals surface area contributed by atoms with Crippen LogP contribution in [0.5, 0.6) is 0 Å². The maximum absolute atomic E-state index is 12.0. The highest BCUT2D eigenvalue weighted by Crippen LogP contribution is 2.16. The molecule has 3 rings (SSSR count). The smallest absolute Gasteiger partial charge is 0.287 e. The average molecular weight is 335 g/mol. The van der Waals surface area contributed by atoms with Gasteiger partial charge in [-0.3, -0.25) is 9.20 Å². The third-order valence-electron chi connectivity index (χ3n) is 2.87. The van der Waals surface area contributed by atoms with E-state index in [0.717, 1.165) is 5.65 Å². The van der Waals surface area contributed by atoms with Crippen molar-refractivity contribution in [3.05, 3.63) is 52.8 Å². The summed E-state index contributed by atoms with van der Waals surface area (Å²) in [5, 5.41) is 11.0. The van der Waals surface area contributed by atoms with Gasteiger partial charge in [-0.25, -0.2) is 0 Å². The van der Waals surface area contributed by atoms with Crippen LogP contribution in [0.2, 0.25) is 0 Å². The Kier molecular flexibility index (Phi) is 3.27. The number of hydrogen-bond acceptors (Lipinski definition) is 4. The van der Waals surface area contributed by atoms with Crippen LogP contribution in [0, 0.1) is 0 Å². The third kappa shape index (κ3) is 2.32. The minimum Gasteiger partial charge on any atom is -0.444 e. The number of fused-ring (bicyclic) bond motifs is 1. The first-order chi connectivity index (χ1) is 9.65. The minimum absolute atomic E-state index is 0.248. The van der Waals surface area contributed by atoms with Crippen LogP contribution in [-0.2, 0) is 0 Å². The second-order valence-corrected chi connectivity index (χ2v) is 5.07. The summed E-state index contributed by atoms with van der Waals surface area (Å²) in [7, 11) is 0. The predicted molar refractivity (Wildman–Crippen MR) is 75.3 cm³/mol. The Morgan fingerprint density at radius 3 is 2.95 bits per heavy atom. The number of carbonyl (C=O) groups excluding carboxylic acids is 1. The molecule has 0 fully saturated rings. The van der Waals surface area contributed by atoms with Gasteiger partial charge in [-0.15, -0.1) is 10.2 Å². The lowest BCUT2D eigenvalue weighted by Crippen LogP contribution is -2.27. The number of rotatable bonds is 3. The van der Waals surface area contributed by atoms with E-state index < -0.39 is 0 Å². The molecule has 3 heterocycles. The minimum atomic E-state index is -0.295. The summed E-state index contributed by atoms with van der Waals surface area (Å²) >= 11 is 3.16. The van der Waals surface area contributed by atoms with Gasteiger partial charge in [0, 0.05) is 6.20 Å². The number of furan rings is 1. The fraction of sp³-hybridized carbons (Fsp3) is 0.154. The predicted octanol–water partition coefficient (Wildman–Crippen LogP) is 2.58. The Morgan fingerprint density at radius 1 is 1.35 bits per heavy atom. The molecule has 0 aromatic carbocycles. The van der Waals surface area contributed by atoms with E-state index in [9.17, 15) is 4.79 Å². The maximum atomic E-state index is 12.0. The number of nitrogens with zero attached hydrogens (tertiary/aromatic N) is 3. The lowest BCUT2D eigenvalue weighted by molar-refractivity contribution is 0.0909. The van der Waals surface area contributed by atoms with Crippen molar-refractivity contribution in [1.29, 1.82) is 0 Å². The van der Waals surface area contributed by atoms with Crippen molar-refractivity contribution in [1.82, 2.24) is 19.9 Å². The molecule has 3 aromatic rings. The molecule has 0 aliphatic rings. The molecular formula is C13H11BrN4O2. The second-order valence-electron chi connectivity index (χ2n) is 4.29. The van der Waals surface area contributed by atoms with Gasteiger partial charge in [0.05, 0.1) is 6.04 Å². The van der Waals surface area contributed by atoms with Crippen molar-refractivity contribution < 1.29 is 9.21 Å². The molecule has 0 unspecified atom stereocenters. The van der Waals surface area contributed by atoms with Crippen molar-refractivity contribution in [2.75, 3.05) is 0 Å². The van der Waals surface area contributed by atoms with Gasteiger partial charge in [0.25, 0.3) is 5.91 Å². The van der Waals surface area contributed by atoms with Crippen molar-refractivity contribution >= 4 is 27.5 Å². The molecule has 6 nitrogen and oxygen atoms in total. The highest BCUT2D eigenvalue weighted by atomic mass is 79.9. The van der Waals surface area contributed by atoms with E-state index in [4.69, 9.17) is 4.42 Å². The van der Waals surface area contributed by atoms with Gasteiger partial charge < -0.3 is 9.73 Å². The number of hydrogen-bond donors (Lipinski definition) is 1. The van der Waals surface area contributed by atoms with E-state index in [2.05, 4.69) is 31.4 Å². The summed E-state index contributed by atoms with van der Waals surface area (Å²) in [4.78, 5) is 12.0. The summed E-state index contributed by atoms with van der Waals surface area (Å²) in [6.07, 6.45) is 1.86. The van der Waals surface area contributed by atoms with Gasteiger partial charge in [0.2, 0.25) is 0 Å². The summed E-state index contributed by atoms with van der Waals surface area (Å²) in [5.74, 6) is 0.619. The molecule has 0 spiro atoms. The largest absolute Gasteiger partial charge is 0.444 e. The summed E-state index contributed by atoms with van der Waals surface area (Å²) in [6.45, 7) is 1.85. The first-order valence-corrected chi connectivity index (χ1v) is 6.80. The van der Waals surface area contributed by atoms with Gasteiger partial charge in [-0.1, -0.05) is 6.07 Å². The van der Waals surface area contributed by atoms with Crippen molar-refractivity contribution in [2.45, 2.75) is 13.0 Å². The highest BCUT2D eigenvalue weighted by molar-refractivity contribution is 9.10. The third-order valence-corrected chi connectivity index (χ3v) is 3.30. The average Bonchev–Trinajstić information content (AvgIpc) is 3.04. The Balaban J connectivity index is 1.82. The zero-order valence-electron chi connectivity index (χ0n) is 10.6. The van der Waals surface area contributed by atoms with Crippen LogP contribution >= 0.6 is 15.9 Å². The van der Waals surface area contributed by atoms with E-state index in [0.29, 0.717) is 10.5 Å². The molecule has 3 aromatic heterocycles. The molecule has 1 N–H and O–H groups in total. The quantitative estimate of drug-likeness (QED) is 0.798. The Labute approximate surface area is 122 Å². The SMILES string of the molecule is C[C@H](NC(=O)c1ccc(Br)o1)c1nnc2ccccn12. The van der Waals surface area contributed by atoms with Crippen LogP contribution in [0.4, 0.5) is 0 Å². The zero-order chi connectivity index (χ0) is 14.1. The summed E-state index contributed by atoms with van der Waals surface area (Å²) in [5.41, 5.74) is 0.740. The van der Waals surface area contributed by atoms with E-state index in [-0.39, 0.29) is 17.7 Å². The van der Waals surface area contributed by atoms with E-state index in [1.54, 1.807) is 12.1 Å². The van der Waals surface area contributed by atoms with E-state index >= 15 is 0 Å². The molecule has 1 amide bonds. The molecule has 7 heteroatoms. The molecule has 20 heavy (non-hydrogen) atoms. The topological polar surface area (TPSA) is 72.4 Å². The number of carbonyl (C=O) groups is 1. The Hall–Kier alpha value is -2.15. The van der Waals surface area contributed by atoms with Gasteiger partial charge in [-0.2, -0.15) is 0 Å². The van der Waals surface area contributed by atoms with Crippen LogP contribution in [0.25, 0.3) is 5.65 Å².